The van der Waals surface area contributed by atoms with E-state index in [-0.39, 0.29) is 0 Å². The number of hydrogen-bond acceptors (Lipinski definition) is 5. The predicted molar refractivity (Wildman–Crippen MR) is 77.7 cm³/mol. The second-order valence-corrected chi connectivity index (χ2v) is 5.98. The lowest BCUT2D eigenvalue weighted by atomic mass is 9.97. The van der Waals surface area contributed by atoms with Crippen molar-refractivity contribution >= 4 is 28.2 Å². The maximum absolute atomic E-state index is 11.6. The average Bonchev–Trinajstić information content (AvgIpc) is 2.72. The highest BCUT2D eigenvalue weighted by Crippen LogP contribution is 2.36. The maximum Gasteiger partial charge on any atom is 0.249 e. The molecule has 0 aliphatic heterocycles. The number of hydrogen-bond donors (Lipinski definition) is 1. The summed E-state index contributed by atoms with van der Waals surface area (Å²) in [7, 11) is 0. The molecule has 0 spiro atoms. The van der Waals surface area contributed by atoms with Crippen molar-refractivity contribution < 1.29 is 14.7 Å². The summed E-state index contributed by atoms with van der Waals surface area (Å²) >= 11 is 1.42. The number of carbonyl (C=O) groups is 2. The number of carboxylic acid groups (broad SMARTS) is 1. The highest BCUT2D eigenvalue weighted by molar-refractivity contribution is 7.16. The SMILES string of the molecule is N#Cc1c(NC(=O)C=CC(=O)[O-])sc2c1CCCCCC2. The minimum Gasteiger partial charge on any atom is -0.545 e. The van der Waals surface area contributed by atoms with Crippen LogP contribution in [0.4, 0.5) is 5.00 Å². The van der Waals surface area contributed by atoms with Gasteiger partial charge in [0.15, 0.2) is 0 Å². The second-order valence-electron chi connectivity index (χ2n) is 4.88. The van der Waals surface area contributed by atoms with Gasteiger partial charge < -0.3 is 15.2 Å². The van der Waals surface area contributed by atoms with Gasteiger partial charge in [-0.3, -0.25) is 4.79 Å². The van der Waals surface area contributed by atoms with Gasteiger partial charge in [0, 0.05) is 11.0 Å². The topological polar surface area (TPSA) is 93.0 Å². The normalized spacial score (nSPS) is 14.8. The van der Waals surface area contributed by atoms with E-state index in [1.54, 1.807) is 0 Å². The second kappa shape index (κ2) is 7.04. The number of nitrogens with zero attached hydrogens (tertiary/aromatic N) is 1. The number of fused-ring (bicyclic) bond motifs is 1. The predicted octanol–water partition coefficient (Wildman–Crippen LogP) is 1.52. The van der Waals surface area contributed by atoms with Gasteiger partial charge in [-0.05, 0) is 37.3 Å². The molecule has 21 heavy (non-hydrogen) atoms. The average molecular weight is 303 g/mol. The third-order valence-electron chi connectivity index (χ3n) is 3.39. The van der Waals surface area contributed by atoms with Gasteiger partial charge in [0.2, 0.25) is 5.91 Å². The largest absolute Gasteiger partial charge is 0.545 e. The van der Waals surface area contributed by atoms with Crippen LogP contribution in [-0.4, -0.2) is 11.9 Å². The maximum atomic E-state index is 11.6. The molecule has 5 nitrogen and oxygen atoms in total. The first-order valence-corrected chi connectivity index (χ1v) is 7.68. The van der Waals surface area contributed by atoms with Crippen LogP contribution in [-0.2, 0) is 22.4 Å². The Hall–Kier alpha value is -2.13. The number of anilines is 1. The van der Waals surface area contributed by atoms with E-state index in [1.165, 1.54) is 17.8 Å². The number of amides is 1. The number of thiophene rings is 1. The number of carboxylic acids is 1. The Morgan fingerprint density at radius 3 is 2.57 bits per heavy atom. The highest BCUT2D eigenvalue weighted by Gasteiger charge is 2.19. The minimum absolute atomic E-state index is 0.511. The van der Waals surface area contributed by atoms with Crippen molar-refractivity contribution in [1.29, 1.82) is 5.26 Å². The fourth-order valence-electron chi connectivity index (χ4n) is 2.42. The Bertz CT molecular complexity index is 626. The number of aliphatic carboxylic acids is 1. The summed E-state index contributed by atoms with van der Waals surface area (Å²) in [4.78, 5) is 23.1. The van der Waals surface area contributed by atoms with E-state index >= 15 is 0 Å². The van der Waals surface area contributed by atoms with Crippen LogP contribution in [0.2, 0.25) is 0 Å². The number of aryl methyl sites for hydroxylation is 1. The third kappa shape index (κ3) is 3.92. The Morgan fingerprint density at radius 2 is 1.90 bits per heavy atom. The molecule has 1 heterocycles. The van der Waals surface area contributed by atoms with Crippen molar-refractivity contribution in [3.8, 4) is 6.07 Å². The zero-order chi connectivity index (χ0) is 15.2. The third-order valence-corrected chi connectivity index (χ3v) is 4.60. The van der Waals surface area contributed by atoms with Crippen LogP contribution < -0.4 is 10.4 Å². The van der Waals surface area contributed by atoms with Gasteiger partial charge in [0.1, 0.15) is 11.1 Å². The van der Waals surface area contributed by atoms with Gasteiger partial charge in [-0.1, -0.05) is 12.8 Å². The first-order chi connectivity index (χ1) is 10.1. The summed E-state index contributed by atoms with van der Waals surface area (Å²) in [5, 5.41) is 22.7. The van der Waals surface area contributed by atoms with E-state index in [4.69, 9.17) is 0 Å². The van der Waals surface area contributed by atoms with Crippen LogP contribution in [0.5, 0.6) is 0 Å². The fraction of sp³-hybridized carbons (Fsp3) is 0.400. The fourth-order valence-corrected chi connectivity index (χ4v) is 3.67. The molecule has 110 valence electrons. The quantitative estimate of drug-likeness (QED) is 0.857. The summed E-state index contributed by atoms with van der Waals surface area (Å²) in [6.45, 7) is 0. The van der Waals surface area contributed by atoms with Crippen LogP contribution in [0.15, 0.2) is 12.2 Å². The molecule has 0 unspecified atom stereocenters. The molecule has 6 heteroatoms. The van der Waals surface area contributed by atoms with Crippen LogP contribution >= 0.6 is 11.3 Å². The molecule has 2 rings (SSSR count). The van der Waals surface area contributed by atoms with Gasteiger partial charge >= 0.3 is 0 Å². The van der Waals surface area contributed by atoms with E-state index in [9.17, 15) is 20.0 Å². The summed E-state index contributed by atoms with van der Waals surface area (Å²) < 4.78 is 0. The van der Waals surface area contributed by atoms with Gasteiger partial charge in [0.05, 0.1) is 11.5 Å². The summed E-state index contributed by atoms with van der Waals surface area (Å²) in [6.07, 6.45) is 7.86. The summed E-state index contributed by atoms with van der Waals surface area (Å²) in [6, 6.07) is 2.17. The highest BCUT2D eigenvalue weighted by atomic mass is 32.1. The first kappa shape index (κ1) is 15.3. The molecule has 1 aliphatic carbocycles. The smallest absolute Gasteiger partial charge is 0.249 e. The van der Waals surface area contributed by atoms with E-state index in [0.717, 1.165) is 48.6 Å². The number of nitriles is 1. The molecular weight excluding hydrogens is 288 g/mol. The van der Waals surface area contributed by atoms with Crippen molar-refractivity contribution in [2.45, 2.75) is 38.5 Å². The number of carbonyl (C=O) groups excluding carboxylic acids is 2. The minimum atomic E-state index is -1.43. The molecule has 0 fully saturated rings. The van der Waals surface area contributed by atoms with Crippen LogP contribution in [0.1, 0.15) is 41.7 Å². The standard InChI is InChI=1S/C15H16N2O3S/c16-9-11-10-5-3-1-2-4-6-12(10)21-15(11)17-13(18)7-8-14(19)20/h7-8H,1-6H2,(H,17,18)(H,19,20)/p-1. The molecule has 0 radical (unpaired) electrons. The van der Waals surface area contributed by atoms with E-state index < -0.39 is 11.9 Å². The number of nitrogens with one attached hydrogen (secondary N) is 1. The molecular formula is C15H15N2O3S-. The van der Waals surface area contributed by atoms with Crippen molar-refractivity contribution in [3.05, 3.63) is 28.2 Å². The Morgan fingerprint density at radius 1 is 1.19 bits per heavy atom. The van der Waals surface area contributed by atoms with Crippen molar-refractivity contribution in [2.24, 2.45) is 0 Å². The molecule has 1 aromatic heterocycles. The zero-order valence-electron chi connectivity index (χ0n) is 11.5. The van der Waals surface area contributed by atoms with Gasteiger partial charge in [-0.2, -0.15) is 5.26 Å². The molecule has 0 atom stereocenters. The molecule has 0 bridgehead atoms. The Labute approximate surface area is 126 Å². The molecule has 0 saturated carbocycles. The first-order valence-electron chi connectivity index (χ1n) is 6.86. The zero-order valence-corrected chi connectivity index (χ0v) is 12.3. The summed E-state index contributed by atoms with van der Waals surface area (Å²) in [5.74, 6) is -1.99. The van der Waals surface area contributed by atoms with Gasteiger partial charge in [-0.15, -0.1) is 11.3 Å². The molecule has 0 aromatic carbocycles. The lowest BCUT2D eigenvalue weighted by Crippen LogP contribution is -2.20. The lowest BCUT2D eigenvalue weighted by molar-refractivity contribution is -0.297. The van der Waals surface area contributed by atoms with E-state index in [2.05, 4.69) is 11.4 Å². The molecule has 0 saturated heterocycles. The summed E-state index contributed by atoms with van der Waals surface area (Å²) in [5.41, 5.74) is 1.56. The molecule has 1 aliphatic rings. The van der Waals surface area contributed by atoms with Crippen molar-refractivity contribution in [3.63, 3.8) is 0 Å². The van der Waals surface area contributed by atoms with Crippen LogP contribution in [0, 0.1) is 11.3 Å². The Balaban J connectivity index is 2.24. The van der Waals surface area contributed by atoms with Gasteiger partial charge in [-0.25, -0.2) is 0 Å². The molecule has 1 amide bonds. The monoisotopic (exact) mass is 303 g/mol. The van der Waals surface area contributed by atoms with E-state index in [0.29, 0.717) is 16.6 Å². The molecule has 1 N–H and O–H groups in total. The van der Waals surface area contributed by atoms with Gasteiger partial charge in [0.25, 0.3) is 0 Å². The van der Waals surface area contributed by atoms with Crippen LogP contribution in [0.25, 0.3) is 0 Å². The van der Waals surface area contributed by atoms with Crippen LogP contribution in [0.3, 0.4) is 0 Å². The lowest BCUT2D eigenvalue weighted by Gasteiger charge is -2.08. The van der Waals surface area contributed by atoms with Crippen molar-refractivity contribution in [1.82, 2.24) is 0 Å². The van der Waals surface area contributed by atoms with Crippen molar-refractivity contribution in [2.75, 3.05) is 5.32 Å². The Kier molecular flexibility index (Phi) is 5.12. The molecule has 1 aromatic rings. The van der Waals surface area contributed by atoms with E-state index in [1.807, 2.05) is 0 Å². The number of rotatable bonds is 3.